The number of nitrogens with zero attached hydrogens (tertiary/aromatic N) is 1. The normalized spacial score (nSPS) is 27.1. The van der Waals surface area contributed by atoms with Crippen LogP contribution in [0, 0.1) is 5.92 Å². The van der Waals surface area contributed by atoms with Gasteiger partial charge in [-0.3, -0.25) is 4.79 Å². The molecule has 2 aliphatic rings. The van der Waals surface area contributed by atoms with Crippen LogP contribution in [0.4, 0.5) is 0 Å². The van der Waals surface area contributed by atoms with Crippen molar-refractivity contribution in [2.75, 3.05) is 13.1 Å². The summed E-state index contributed by atoms with van der Waals surface area (Å²) in [6.45, 7) is 0.517. The van der Waals surface area contributed by atoms with Gasteiger partial charge in [0.2, 0.25) is 0 Å². The second kappa shape index (κ2) is 6.87. The van der Waals surface area contributed by atoms with Gasteiger partial charge in [0.05, 0.1) is 5.92 Å². The van der Waals surface area contributed by atoms with E-state index in [0.717, 1.165) is 25.7 Å². The Morgan fingerprint density at radius 3 is 2.30 bits per heavy atom. The summed E-state index contributed by atoms with van der Waals surface area (Å²) in [6, 6.07) is 0.00713. The van der Waals surface area contributed by atoms with Crippen LogP contribution in [0.2, 0.25) is 0 Å². The van der Waals surface area contributed by atoms with Gasteiger partial charge >= 0.3 is 5.97 Å². The summed E-state index contributed by atoms with van der Waals surface area (Å²) in [5, 5.41) is 9.04. The van der Waals surface area contributed by atoms with Crippen molar-refractivity contribution in [1.82, 2.24) is 9.03 Å². The Labute approximate surface area is 120 Å². The molecule has 116 valence electrons. The number of nitrogens with one attached hydrogen (secondary N) is 1. The molecular weight excluding hydrogens is 280 g/mol. The Morgan fingerprint density at radius 1 is 1.05 bits per heavy atom. The molecule has 2 N–H and O–H groups in total. The lowest BCUT2D eigenvalue weighted by atomic mass is 10.0. The number of carboxylic acids is 1. The van der Waals surface area contributed by atoms with Gasteiger partial charge < -0.3 is 5.11 Å². The molecule has 1 saturated heterocycles. The number of carbonyl (C=O) groups is 1. The third kappa shape index (κ3) is 4.17. The fraction of sp³-hybridized carbons (Fsp3) is 0.923. The standard InChI is InChI=1S/C13H24N2O4S/c16-13(17)11-6-5-9-15(10-11)20(18,19)14-12-7-3-1-2-4-8-12/h11-12,14H,1-10H2,(H,16,17). The maximum Gasteiger partial charge on any atom is 0.307 e. The van der Waals surface area contributed by atoms with Crippen molar-refractivity contribution in [3.8, 4) is 0 Å². The molecule has 0 aromatic carbocycles. The lowest BCUT2D eigenvalue weighted by Gasteiger charge is -2.31. The van der Waals surface area contributed by atoms with E-state index in [9.17, 15) is 13.2 Å². The lowest BCUT2D eigenvalue weighted by Crippen LogP contribution is -2.50. The lowest BCUT2D eigenvalue weighted by molar-refractivity contribution is -0.142. The molecule has 0 amide bonds. The number of piperidine rings is 1. The molecule has 1 atom stereocenters. The van der Waals surface area contributed by atoms with Gasteiger partial charge in [0.1, 0.15) is 0 Å². The molecule has 1 aliphatic heterocycles. The van der Waals surface area contributed by atoms with Crippen molar-refractivity contribution >= 4 is 16.2 Å². The van der Waals surface area contributed by atoms with Crippen molar-refractivity contribution < 1.29 is 18.3 Å². The molecule has 1 unspecified atom stereocenters. The second-order valence-electron chi connectivity index (χ2n) is 5.85. The SMILES string of the molecule is O=C(O)C1CCCN(S(=O)(=O)NC2CCCCCC2)C1. The minimum Gasteiger partial charge on any atom is -0.481 e. The van der Waals surface area contributed by atoms with Crippen LogP contribution < -0.4 is 4.72 Å². The van der Waals surface area contributed by atoms with Gasteiger partial charge in [-0.05, 0) is 25.7 Å². The summed E-state index contributed by atoms with van der Waals surface area (Å²) in [5.41, 5.74) is 0. The smallest absolute Gasteiger partial charge is 0.307 e. The highest BCUT2D eigenvalue weighted by Crippen LogP contribution is 2.21. The fourth-order valence-electron chi connectivity index (χ4n) is 3.04. The molecule has 20 heavy (non-hydrogen) atoms. The molecule has 0 bridgehead atoms. The van der Waals surface area contributed by atoms with E-state index in [4.69, 9.17) is 5.11 Å². The Balaban J connectivity index is 1.96. The number of carboxylic acid groups (broad SMARTS) is 1. The zero-order chi connectivity index (χ0) is 14.6. The maximum absolute atomic E-state index is 12.4. The monoisotopic (exact) mass is 304 g/mol. The van der Waals surface area contributed by atoms with Gasteiger partial charge in [-0.2, -0.15) is 17.4 Å². The highest BCUT2D eigenvalue weighted by atomic mass is 32.2. The fourth-order valence-corrected chi connectivity index (χ4v) is 4.60. The number of hydrogen-bond donors (Lipinski definition) is 2. The first-order valence-corrected chi connectivity index (χ1v) is 8.93. The van der Waals surface area contributed by atoms with Crippen LogP contribution in [0.5, 0.6) is 0 Å². The number of aliphatic carboxylic acids is 1. The van der Waals surface area contributed by atoms with E-state index < -0.39 is 22.1 Å². The van der Waals surface area contributed by atoms with Gasteiger partial charge in [-0.15, -0.1) is 0 Å². The van der Waals surface area contributed by atoms with Crippen LogP contribution in [0.3, 0.4) is 0 Å². The maximum atomic E-state index is 12.4. The zero-order valence-corrected chi connectivity index (χ0v) is 12.6. The molecule has 7 heteroatoms. The largest absolute Gasteiger partial charge is 0.481 e. The highest BCUT2D eigenvalue weighted by Gasteiger charge is 2.33. The summed E-state index contributed by atoms with van der Waals surface area (Å²) in [7, 11) is -3.55. The molecule has 1 heterocycles. The van der Waals surface area contributed by atoms with E-state index in [1.807, 2.05) is 0 Å². The first-order valence-electron chi connectivity index (χ1n) is 7.49. The van der Waals surface area contributed by atoms with E-state index in [1.54, 1.807) is 0 Å². The molecule has 0 aromatic heterocycles. The first-order chi connectivity index (χ1) is 9.49. The van der Waals surface area contributed by atoms with Crippen molar-refractivity contribution in [2.24, 2.45) is 5.92 Å². The van der Waals surface area contributed by atoms with Crippen molar-refractivity contribution in [1.29, 1.82) is 0 Å². The van der Waals surface area contributed by atoms with Crippen molar-refractivity contribution in [3.05, 3.63) is 0 Å². The third-order valence-electron chi connectivity index (χ3n) is 4.24. The molecule has 2 rings (SSSR count). The molecule has 6 nitrogen and oxygen atoms in total. The highest BCUT2D eigenvalue weighted by molar-refractivity contribution is 7.87. The first kappa shape index (κ1) is 15.7. The summed E-state index contributed by atoms with van der Waals surface area (Å²) in [4.78, 5) is 11.0. The van der Waals surface area contributed by atoms with Crippen LogP contribution in [-0.4, -0.2) is 42.9 Å². The third-order valence-corrected chi connectivity index (χ3v) is 5.89. The molecular formula is C13H24N2O4S. The average Bonchev–Trinajstić information content (AvgIpc) is 2.67. The van der Waals surface area contributed by atoms with Crippen LogP contribution in [-0.2, 0) is 15.0 Å². The van der Waals surface area contributed by atoms with Gasteiger partial charge in [0.15, 0.2) is 0 Å². The quantitative estimate of drug-likeness (QED) is 0.767. The predicted molar refractivity (Wildman–Crippen MR) is 75.5 cm³/mol. The number of rotatable bonds is 4. The average molecular weight is 304 g/mol. The van der Waals surface area contributed by atoms with Crippen LogP contribution >= 0.6 is 0 Å². The summed E-state index contributed by atoms with van der Waals surface area (Å²) >= 11 is 0. The molecule has 0 radical (unpaired) electrons. The van der Waals surface area contributed by atoms with Crippen molar-refractivity contribution in [2.45, 2.75) is 57.4 Å². The molecule has 1 saturated carbocycles. The van der Waals surface area contributed by atoms with E-state index in [-0.39, 0.29) is 12.6 Å². The van der Waals surface area contributed by atoms with Crippen LogP contribution in [0.15, 0.2) is 0 Å². The van der Waals surface area contributed by atoms with E-state index in [1.165, 1.54) is 17.1 Å². The van der Waals surface area contributed by atoms with E-state index >= 15 is 0 Å². The number of hydrogen-bond acceptors (Lipinski definition) is 3. The zero-order valence-electron chi connectivity index (χ0n) is 11.8. The Morgan fingerprint density at radius 2 is 1.70 bits per heavy atom. The Hall–Kier alpha value is -0.660. The summed E-state index contributed by atoms with van der Waals surface area (Å²) < 4.78 is 28.8. The topological polar surface area (TPSA) is 86.7 Å². The van der Waals surface area contributed by atoms with E-state index in [2.05, 4.69) is 4.72 Å². The Kier molecular flexibility index (Phi) is 5.40. The minimum atomic E-state index is -3.55. The van der Waals surface area contributed by atoms with Gasteiger partial charge in [-0.1, -0.05) is 25.7 Å². The van der Waals surface area contributed by atoms with Crippen LogP contribution in [0.1, 0.15) is 51.4 Å². The second-order valence-corrected chi connectivity index (χ2v) is 7.55. The summed E-state index contributed by atoms with van der Waals surface area (Å²) in [5.74, 6) is -1.48. The van der Waals surface area contributed by atoms with Gasteiger partial charge in [0, 0.05) is 19.1 Å². The molecule has 0 spiro atoms. The minimum absolute atomic E-state index is 0.00713. The predicted octanol–water partition coefficient (Wildman–Crippen LogP) is 1.34. The van der Waals surface area contributed by atoms with Gasteiger partial charge in [-0.25, -0.2) is 0 Å². The molecule has 0 aromatic rings. The van der Waals surface area contributed by atoms with Crippen LogP contribution in [0.25, 0.3) is 0 Å². The Bertz CT molecular complexity index is 430. The molecule has 1 aliphatic carbocycles. The van der Waals surface area contributed by atoms with Crippen molar-refractivity contribution in [3.63, 3.8) is 0 Å². The van der Waals surface area contributed by atoms with Gasteiger partial charge in [0.25, 0.3) is 10.2 Å². The van der Waals surface area contributed by atoms with E-state index in [0.29, 0.717) is 19.4 Å². The molecule has 2 fully saturated rings. The summed E-state index contributed by atoms with van der Waals surface area (Å²) in [6.07, 6.45) is 7.40.